The number of pyridine rings is 1. The van der Waals surface area contributed by atoms with Gasteiger partial charge < -0.3 is 9.51 Å². The molecule has 0 radical (unpaired) electrons. The number of fused-ring (bicyclic) bond motifs is 1. The quantitative estimate of drug-likeness (QED) is 0.783. The highest BCUT2D eigenvalue weighted by atomic mass is 35.5. The number of carboxylic acids is 1. The van der Waals surface area contributed by atoms with Crippen molar-refractivity contribution in [3.63, 3.8) is 0 Å². The first-order chi connectivity index (χ1) is 6.59. The standard InChI is InChI=1S/C9H7ClN2O2/c1-5-2-3-12-4-6(9(13)14)11-8(12)7(5)10/h2-4H,1H3,(H,13,14). The van der Waals surface area contributed by atoms with Gasteiger partial charge in [0, 0.05) is 12.4 Å². The molecule has 0 spiro atoms. The lowest BCUT2D eigenvalue weighted by Crippen LogP contribution is -1.94. The SMILES string of the molecule is Cc1ccn2cc(C(=O)O)nc2c1Cl. The van der Waals surface area contributed by atoms with Gasteiger partial charge in [-0.2, -0.15) is 0 Å². The average molecular weight is 211 g/mol. The summed E-state index contributed by atoms with van der Waals surface area (Å²) in [4.78, 5) is 14.6. The van der Waals surface area contributed by atoms with Crippen LogP contribution in [-0.4, -0.2) is 20.5 Å². The van der Waals surface area contributed by atoms with Gasteiger partial charge >= 0.3 is 5.97 Å². The van der Waals surface area contributed by atoms with Gasteiger partial charge in [-0.1, -0.05) is 11.6 Å². The van der Waals surface area contributed by atoms with Crippen molar-refractivity contribution in [2.24, 2.45) is 0 Å². The van der Waals surface area contributed by atoms with Crippen LogP contribution < -0.4 is 0 Å². The van der Waals surface area contributed by atoms with Crippen molar-refractivity contribution in [3.8, 4) is 0 Å². The number of carboxylic acid groups (broad SMARTS) is 1. The summed E-state index contributed by atoms with van der Waals surface area (Å²) in [6, 6.07) is 1.81. The number of aromatic carboxylic acids is 1. The van der Waals surface area contributed by atoms with Crippen molar-refractivity contribution in [3.05, 3.63) is 34.7 Å². The Bertz CT molecular complexity index is 519. The molecule has 0 aliphatic rings. The van der Waals surface area contributed by atoms with E-state index in [-0.39, 0.29) is 5.69 Å². The van der Waals surface area contributed by atoms with Crippen LogP contribution in [0.3, 0.4) is 0 Å². The molecule has 2 aromatic heterocycles. The molecule has 2 rings (SSSR count). The second kappa shape index (κ2) is 2.99. The van der Waals surface area contributed by atoms with Crippen molar-refractivity contribution in [2.45, 2.75) is 6.92 Å². The topological polar surface area (TPSA) is 54.6 Å². The molecule has 72 valence electrons. The van der Waals surface area contributed by atoms with Crippen LogP contribution >= 0.6 is 11.6 Å². The molecule has 1 N–H and O–H groups in total. The van der Waals surface area contributed by atoms with Crippen molar-refractivity contribution in [1.82, 2.24) is 9.38 Å². The van der Waals surface area contributed by atoms with Crippen LogP contribution in [0.1, 0.15) is 16.1 Å². The Balaban J connectivity index is 2.77. The number of nitrogens with zero attached hydrogens (tertiary/aromatic N) is 2. The molecule has 0 amide bonds. The Morgan fingerprint density at radius 2 is 2.36 bits per heavy atom. The molecule has 5 heteroatoms. The van der Waals surface area contributed by atoms with E-state index in [1.165, 1.54) is 6.20 Å². The first-order valence-electron chi connectivity index (χ1n) is 3.96. The lowest BCUT2D eigenvalue weighted by Gasteiger charge is -1.98. The zero-order valence-electron chi connectivity index (χ0n) is 7.36. The molecule has 0 fully saturated rings. The van der Waals surface area contributed by atoms with Gasteiger partial charge in [0.1, 0.15) is 0 Å². The number of rotatable bonds is 1. The van der Waals surface area contributed by atoms with E-state index in [1.807, 2.05) is 13.0 Å². The van der Waals surface area contributed by atoms with Gasteiger partial charge in [-0.25, -0.2) is 9.78 Å². The summed E-state index contributed by atoms with van der Waals surface area (Å²) < 4.78 is 1.60. The van der Waals surface area contributed by atoms with Crippen LogP contribution in [0.2, 0.25) is 5.02 Å². The number of hydrogen-bond donors (Lipinski definition) is 1. The highest BCUT2D eigenvalue weighted by Crippen LogP contribution is 2.20. The van der Waals surface area contributed by atoms with Gasteiger partial charge in [-0.05, 0) is 18.6 Å². The number of hydrogen-bond acceptors (Lipinski definition) is 2. The van der Waals surface area contributed by atoms with Crippen LogP contribution in [0.15, 0.2) is 18.5 Å². The number of halogens is 1. The lowest BCUT2D eigenvalue weighted by molar-refractivity contribution is 0.0691. The van der Waals surface area contributed by atoms with E-state index < -0.39 is 5.97 Å². The molecule has 0 saturated carbocycles. The minimum atomic E-state index is -1.05. The summed E-state index contributed by atoms with van der Waals surface area (Å²) in [6.07, 6.45) is 3.17. The number of imidazole rings is 1. The summed E-state index contributed by atoms with van der Waals surface area (Å²) in [5.74, 6) is -1.05. The molecule has 2 heterocycles. The molecule has 14 heavy (non-hydrogen) atoms. The number of carbonyl (C=O) groups is 1. The predicted molar refractivity (Wildman–Crippen MR) is 51.9 cm³/mol. The lowest BCUT2D eigenvalue weighted by atomic mass is 10.3. The van der Waals surface area contributed by atoms with Gasteiger partial charge in [0.2, 0.25) is 0 Å². The van der Waals surface area contributed by atoms with E-state index >= 15 is 0 Å². The second-order valence-corrected chi connectivity index (χ2v) is 3.35. The zero-order chi connectivity index (χ0) is 10.3. The zero-order valence-corrected chi connectivity index (χ0v) is 8.12. The molecule has 4 nitrogen and oxygen atoms in total. The van der Waals surface area contributed by atoms with Crippen LogP contribution in [0.4, 0.5) is 0 Å². The molecular weight excluding hydrogens is 204 g/mol. The first-order valence-corrected chi connectivity index (χ1v) is 4.34. The molecule has 0 bridgehead atoms. The minimum absolute atomic E-state index is 0.00231. The summed E-state index contributed by atoms with van der Waals surface area (Å²) in [5.41, 5.74) is 1.35. The summed E-state index contributed by atoms with van der Waals surface area (Å²) >= 11 is 5.97. The minimum Gasteiger partial charge on any atom is -0.476 e. The van der Waals surface area contributed by atoms with E-state index in [2.05, 4.69) is 4.98 Å². The van der Waals surface area contributed by atoms with Crippen LogP contribution in [0.25, 0.3) is 5.65 Å². The molecule has 0 aliphatic carbocycles. The van der Waals surface area contributed by atoms with Crippen molar-refractivity contribution in [1.29, 1.82) is 0 Å². The molecule has 0 aliphatic heterocycles. The van der Waals surface area contributed by atoms with Gasteiger partial charge in [0.15, 0.2) is 11.3 Å². The van der Waals surface area contributed by atoms with E-state index in [9.17, 15) is 4.79 Å². The number of aryl methyl sites for hydroxylation is 1. The largest absolute Gasteiger partial charge is 0.476 e. The Hall–Kier alpha value is -1.55. The van der Waals surface area contributed by atoms with E-state index in [1.54, 1.807) is 10.6 Å². The monoisotopic (exact) mass is 210 g/mol. The van der Waals surface area contributed by atoms with E-state index in [0.29, 0.717) is 10.7 Å². The third-order valence-corrected chi connectivity index (χ3v) is 2.45. The third-order valence-electron chi connectivity index (χ3n) is 1.98. The maximum absolute atomic E-state index is 10.6. The molecule has 0 saturated heterocycles. The van der Waals surface area contributed by atoms with E-state index in [4.69, 9.17) is 16.7 Å². The van der Waals surface area contributed by atoms with Crippen LogP contribution in [0, 0.1) is 6.92 Å². The third kappa shape index (κ3) is 1.24. The molecule has 0 unspecified atom stereocenters. The Kier molecular flexibility index (Phi) is 1.93. The predicted octanol–water partition coefficient (Wildman–Crippen LogP) is 1.99. The first kappa shape index (κ1) is 9.02. The molecule has 0 aromatic carbocycles. The van der Waals surface area contributed by atoms with Crippen LogP contribution in [-0.2, 0) is 0 Å². The van der Waals surface area contributed by atoms with Gasteiger partial charge in [-0.3, -0.25) is 0 Å². The Morgan fingerprint density at radius 1 is 1.64 bits per heavy atom. The second-order valence-electron chi connectivity index (χ2n) is 2.97. The number of aromatic nitrogens is 2. The normalized spacial score (nSPS) is 10.7. The Labute approximate surface area is 84.8 Å². The fourth-order valence-electron chi connectivity index (χ4n) is 1.21. The fraction of sp³-hybridized carbons (Fsp3) is 0.111. The highest BCUT2D eigenvalue weighted by molar-refractivity contribution is 6.34. The van der Waals surface area contributed by atoms with Crippen LogP contribution in [0.5, 0.6) is 0 Å². The smallest absolute Gasteiger partial charge is 0.356 e. The molecular formula is C9H7ClN2O2. The molecule has 0 atom stereocenters. The van der Waals surface area contributed by atoms with Crippen molar-refractivity contribution < 1.29 is 9.90 Å². The van der Waals surface area contributed by atoms with Gasteiger partial charge in [0.25, 0.3) is 0 Å². The van der Waals surface area contributed by atoms with E-state index in [0.717, 1.165) is 5.56 Å². The summed E-state index contributed by atoms with van der Waals surface area (Å²) in [5, 5.41) is 9.21. The summed E-state index contributed by atoms with van der Waals surface area (Å²) in [6.45, 7) is 1.84. The summed E-state index contributed by atoms with van der Waals surface area (Å²) in [7, 11) is 0. The maximum Gasteiger partial charge on any atom is 0.356 e. The van der Waals surface area contributed by atoms with Crippen molar-refractivity contribution in [2.75, 3.05) is 0 Å². The highest BCUT2D eigenvalue weighted by Gasteiger charge is 2.11. The van der Waals surface area contributed by atoms with Gasteiger partial charge in [0.05, 0.1) is 5.02 Å². The van der Waals surface area contributed by atoms with Crippen molar-refractivity contribution >= 4 is 23.2 Å². The maximum atomic E-state index is 10.6. The average Bonchev–Trinajstić information content (AvgIpc) is 2.56. The molecule has 2 aromatic rings. The van der Waals surface area contributed by atoms with Gasteiger partial charge in [-0.15, -0.1) is 0 Å². The Morgan fingerprint density at radius 3 is 3.00 bits per heavy atom. The fourth-order valence-corrected chi connectivity index (χ4v) is 1.42.